The number of nitrogens with zero attached hydrogens (tertiary/aromatic N) is 2. The minimum absolute atomic E-state index is 0.197. The summed E-state index contributed by atoms with van der Waals surface area (Å²) in [5.41, 5.74) is 4.92. The molecule has 2 aromatic heterocycles. The highest BCUT2D eigenvalue weighted by atomic mass is 19.1. The van der Waals surface area contributed by atoms with E-state index in [9.17, 15) is 9.50 Å². The third-order valence-electron chi connectivity index (χ3n) is 6.23. The van der Waals surface area contributed by atoms with Gasteiger partial charge in [-0.25, -0.2) is 9.37 Å². The van der Waals surface area contributed by atoms with Crippen molar-refractivity contribution < 1.29 is 9.50 Å². The number of imidazole rings is 1. The number of phenolic OH excluding ortho intramolecular Hbond substituents is 1. The van der Waals surface area contributed by atoms with E-state index in [1.54, 1.807) is 18.2 Å². The first kappa shape index (κ1) is 20.9. The Bertz CT molecular complexity index is 1660. The lowest BCUT2D eigenvalue weighted by molar-refractivity contribution is 0.478. The number of nitrogens with one attached hydrogen (secondary N) is 1. The summed E-state index contributed by atoms with van der Waals surface area (Å²) in [4.78, 5) is 4.92. The number of halogens is 1. The molecule has 0 saturated heterocycles. The summed E-state index contributed by atoms with van der Waals surface area (Å²) in [5.74, 6) is 0.679. The number of phenols is 1. The van der Waals surface area contributed by atoms with Crippen LogP contribution in [0.4, 0.5) is 10.2 Å². The Morgan fingerprint density at radius 2 is 1.54 bits per heavy atom. The zero-order valence-electron chi connectivity index (χ0n) is 18.8. The lowest BCUT2D eigenvalue weighted by Gasteiger charge is -2.15. The molecule has 0 saturated carbocycles. The van der Waals surface area contributed by atoms with Crippen molar-refractivity contribution in [2.45, 2.75) is 6.54 Å². The van der Waals surface area contributed by atoms with Crippen LogP contribution in [-0.4, -0.2) is 14.5 Å². The summed E-state index contributed by atoms with van der Waals surface area (Å²) < 4.78 is 15.7. The van der Waals surface area contributed by atoms with Gasteiger partial charge in [-0.1, -0.05) is 66.7 Å². The Kier molecular flexibility index (Phi) is 5.15. The first-order chi connectivity index (χ1) is 17.2. The minimum Gasteiger partial charge on any atom is -0.507 e. The molecule has 0 radical (unpaired) electrons. The highest BCUT2D eigenvalue weighted by Crippen LogP contribution is 2.39. The topological polar surface area (TPSA) is 49.6 Å². The van der Waals surface area contributed by atoms with Crippen LogP contribution in [0, 0.1) is 5.82 Å². The van der Waals surface area contributed by atoms with Crippen LogP contribution in [0.5, 0.6) is 5.75 Å². The number of hydrogen-bond acceptors (Lipinski definition) is 3. The minimum atomic E-state index is -0.294. The smallest absolute Gasteiger partial charge is 0.139 e. The number of hydrogen-bond donors (Lipinski definition) is 2. The van der Waals surface area contributed by atoms with Crippen molar-refractivity contribution in [1.82, 2.24) is 9.38 Å². The first-order valence-corrected chi connectivity index (χ1v) is 11.5. The Morgan fingerprint density at radius 3 is 2.37 bits per heavy atom. The van der Waals surface area contributed by atoms with Gasteiger partial charge in [0.2, 0.25) is 0 Å². The number of fused-ring (bicyclic) bond motifs is 2. The van der Waals surface area contributed by atoms with E-state index in [4.69, 9.17) is 4.98 Å². The standard InChI is InChI=1S/C30H22FN3O/c31-23-16-13-22(14-17-23)29-30(32-19-20-7-2-1-3-8-20)34-25(11-6-12-27(34)33-29)28-24-10-5-4-9-21(24)15-18-26(28)35/h1-18,32,35H,19H2. The molecule has 0 fully saturated rings. The summed E-state index contributed by atoms with van der Waals surface area (Å²) in [6, 6.07) is 34.0. The number of pyridine rings is 1. The molecule has 0 amide bonds. The van der Waals surface area contributed by atoms with Crippen LogP contribution >= 0.6 is 0 Å². The summed E-state index contributed by atoms with van der Waals surface area (Å²) in [5, 5.41) is 16.5. The maximum Gasteiger partial charge on any atom is 0.139 e. The van der Waals surface area contributed by atoms with Crippen LogP contribution < -0.4 is 5.32 Å². The zero-order chi connectivity index (χ0) is 23.8. The Hall–Kier alpha value is -4.64. The predicted octanol–water partition coefficient (Wildman–Crippen LogP) is 7.28. The van der Waals surface area contributed by atoms with Crippen LogP contribution in [0.2, 0.25) is 0 Å². The van der Waals surface area contributed by atoms with E-state index in [1.165, 1.54) is 12.1 Å². The Labute approximate surface area is 201 Å². The van der Waals surface area contributed by atoms with Crippen LogP contribution in [0.15, 0.2) is 109 Å². The SMILES string of the molecule is Oc1ccc2ccccc2c1-c1cccc2nc(-c3ccc(F)cc3)c(NCc3ccccc3)n12. The van der Waals surface area contributed by atoms with Crippen molar-refractivity contribution in [2.75, 3.05) is 5.32 Å². The van der Waals surface area contributed by atoms with Gasteiger partial charge in [0, 0.05) is 17.7 Å². The number of benzene rings is 4. The van der Waals surface area contributed by atoms with Gasteiger partial charge in [0.25, 0.3) is 0 Å². The molecule has 6 rings (SSSR count). The summed E-state index contributed by atoms with van der Waals surface area (Å²) in [7, 11) is 0. The van der Waals surface area contributed by atoms with Gasteiger partial charge in [-0.2, -0.15) is 0 Å². The van der Waals surface area contributed by atoms with Crippen LogP contribution in [0.1, 0.15) is 5.56 Å². The second kappa shape index (κ2) is 8.61. The fourth-order valence-corrected chi connectivity index (χ4v) is 4.57. The van der Waals surface area contributed by atoms with Crippen LogP contribution in [0.25, 0.3) is 38.9 Å². The molecular formula is C30H22FN3O. The van der Waals surface area contributed by atoms with Gasteiger partial charge in [-0.05, 0) is 58.8 Å². The van der Waals surface area contributed by atoms with Gasteiger partial charge in [0.15, 0.2) is 0 Å². The fraction of sp³-hybridized carbons (Fsp3) is 0.0333. The summed E-state index contributed by atoms with van der Waals surface area (Å²) in [6.07, 6.45) is 0. The monoisotopic (exact) mass is 459 g/mol. The molecule has 6 aromatic rings. The molecule has 0 unspecified atom stereocenters. The predicted molar refractivity (Wildman–Crippen MR) is 139 cm³/mol. The third kappa shape index (κ3) is 3.77. The second-order valence-corrected chi connectivity index (χ2v) is 8.44. The lowest BCUT2D eigenvalue weighted by Crippen LogP contribution is -2.05. The average molecular weight is 460 g/mol. The van der Waals surface area contributed by atoms with Gasteiger partial charge < -0.3 is 10.4 Å². The van der Waals surface area contributed by atoms with Gasteiger partial charge in [-0.15, -0.1) is 0 Å². The van der Waals surface area contributed by atoms with Crippen molar-refractivity contribution in [1.29, 1.82) is 0 Å². The summed E-state index contributed by atoms with van der Waals surface area (Å²) in [6.45, 7) is 0.582. The first-order valence-electron chi connectivity index (χ1n) is 11.5. The number of anilines is 1. The molecule has 170 valence electrons. The molecule has 0 aliphatic rings. The van der Waals surface area contributed by atoms with Gasteiger partial charge in [0.1, 0.15) is 28.7 Å². The normalized spacial score (nSPS) is 11.2. The Morgan fingerprint density at radius 1 is 0.771 bits per heavy atom. The van der Waals surface area contributed by atoms with Gasteiger partial charge in [-0.3, -0.25) is 4.40 Å². The van der Waals surface area contributed by atoms with Crippen molar-refractivity contribution in [3.63, 3.8) is 0 Å². The van der Waals surface area contributed by atoms with Crippen LogP contribution in [0.3, 0.4) is 0 Å². The number of rotatable bonds is 5. The molecule has 0 spiro atoms. The molecule has 0 aliphatic heterocycles. The van der Waals surface area contributed by atoms with Crippen molar-refractivity contribution in [3.8, 4) is 28.3 Å². The van der Waals surface area contributed by atoms with E-state index in [2.05, 4.69) is 17.4 Å². The van der Waals surface area contributed by atoms with E-state index in [0.29, 0.717) is 12.2 Å². The van der Waals surface area contributed by atoms with E-state index in [1.807, 2.05) is 71.1 Å². The average Bonchev–Trinajstić information content (AvgIpc) is 3.27. The Balaban J connectivity index is 1.61. The lowest BCUT2D eigenvalue weighted by atomic mass is 10.0. The van der Waals surface area contributed by atoms with Gasteiger partial charge in [0.05, 0.1) is 5.69 Å². The molecular weight excluding hydrogens is 437 g/mol. The third-order valence-corrected chi connectivity index (χ3v) is 6.23. The quantitative estimate of drug-likeness (QED) is 0.285. The molecule has 4 nitrogen and oxygen atoms in total. The fourth-order valence-electron chi connectivity index (χ4n) is 4.57. The van der Waals surface area contributed by atoms with Gasteiger partial charge >= 0.3 is 0 Å². The molecule has 5 heteroatoms. The van der Waals surface area contributed by atoms with E-state index in [0.717, 1.165) is 44.6 Å². The highest BCUT2D eigenvalue weighted by molar-refractivity contribution is 5.99. The highest BCUT2D eigenvalue weighted by Gasteiger charge is 2.20. The molecule has 0 aliphatic carbocycles. The zero-order valence-corrected chi connectivity index (χ0v) is 18.8. The molecule has 0 atom stereocenters. The molecule has 2 heterocycles. The van der Waals surface area contributed by atoms with Crippen LogP contribution in [-0.2, 0) is 6.54 Å². The molecule has 2 N–H and O–H groups in total. The maximum atomic E-state index is 13.7. The van der Waals surface area contributed by atoms with Crippen molar-refractivity contribution in [3.05, 3.63) is 121 Å². The second-order valence-electron chi connectivity index (χ2n) is 8.44. The number of aromatic nitrogens is 2. The summed E-state index contributed by atoms with van der Waals surface area (Å²) >= 11 is 0. The van der Waals surface area contributed by atoms with E-state index < -0.39 is 0 Å². The van der Waals surface area contributed by atoms with E-state index in [-0.39, 0.29) is 11.6 Å². The molecule has 35 heavy (non-hydrogen) atoms. The van der Waals surface area contributed by atoms with Crippen molar-refractivity contribution >= 4 is 22.2 Å². The number of aromatic hydroxyl groups is 1. The van der Waals surface area contributed by atoms with E-state index >= 15 is 0 Å². The van der Waals surface area contributed by atoms with Crippen molar-refractivity contribution in [2.24, 2.45) is 0 Å². The maximum absolute atomic E-state index is 13.7. The largest absolute Gasteiger partial charge is 0.507 e. The molecule has 0 bridgehead atoms. The molecule has 4 aromatic carbocycles.